The number of carbonyl (C=O) groups is 2. The smallest absolute Gasteiger partial charge is 0.348 e. The minimum absolute atomic E-state index is 0.245. The maximum absolute atomic E-state index is 10.7. The van der Waals surface area contributed by atoms with Gasteiger partial charge in [-0.1, -0.05) is 6.07 Å². The summed E-state index contributed by atoms with van der Waals surface area (Å²) in [7, 11) is 2.73. The fourth-order valence-electron chi connectivity index (χ4n) is 0.495. The largest absolute Gasteiger partial charge is 0.469 e. The number of hydrogen-bond acceptors (Lipinski definition) is 5. The molecule has 0 atom stereocenters. The number of thiophene rings is 1. The van der Waals surface area contributed by atoms with Crippen LogP contribution in [0.4, 0.5) is 0 Å². The van der Waals surface area contributed by atoms with Crippen LogP contribution in [-0.2, 0) is 14.3 Å². The van der Waals surface area contributed by atoms with Crippen LogP contribution in [0.1, 0.15) is 16.6 Å². The zero-order chi connectivity index (χ0) is 11.0. The average molecular weight is 216 g/mol. The molecule has 0 amide bonds. The lowest BCUT2D eigenvalue weighted by atomic mass is 10.5. The minimum Gasteiger partial charge on any atom is -0.469 e. The zero-order valence-corrected chi connectivity index (χ0v) is 9.09. The number of esters is 2. The first kappa shape index (κ1) is 12.6. The van der Waals surface area contributed by atoms with Crippen LogP contribution in [0.15, 0.2) is 17.5 Å². The molecule has 0 spiro atoms. The molecule has 5 heteroatoms. The summed E-state index contributed by atoms with van der Waals surface area (Å²) in [5.41, 5.74) is 0. The van der Waals surface area contributed by atoms with Crippen LogP contribution < -0.4 is 0 Å². The Labute approximate surface area is 86.5 Å². The minimum atomic E-state index is -0.259. The first-order chi connectivity index (χ1) is 6.61. The quantitative estimate of drug-likeness (QED) is 0.671. The molecule has 0 aliphatic rings. The number of hydrogen-bond donors (Lipinski definition) is 0. The van der Waals surface area contributed by atoms with E-state index in [0.29, 0.717) is 4.88 Å². The molecule has 78 valence electrons. The Bertz CT molecular complexity index is 279. The lowest BCUT2D eigenvalue weighted by molar-refractivity contribution is -0.137. The van der Waals surface area contributed by atoms with E-state index in [1.54, 1.807) is 6.07 Å². The Hall–Kier alpha value is -1.36. The molecule has 0 aromatic carbocycles. The van der Waals surface area contributed by atoms with Crippen molar-refractivity contribution in [2.75, 3.05) is 14.2 Å². The Balaban J connectivity index is 0.000000292. The van der Waals surface area contributed by atoms with Crippen LogP contribution in [0.3, 0.4) is 0 Å². The van der Waals surface area contributed by atoms with Gasteiger partial charge >= 0.3 is 11.9 Å². The first-order valence-electron chi connectivity index (χ1n) is 3.78. The van der Waals surface area contributed by atoms with Crippen LogP contribution in [0.5, 0.6) is 0 Å². The molecule has 14 heavy (non-hydrogen) atoms. The molecule has 0 bridgehead atoms. The van der Waals surface area contributed by atoms with Crippen LogP contribution in [0, 0.1) is 0 Å². The van der Waals surface area contributed by atoms with Crippen LogP contribution >= 0.6 is 11.3 Å². The molecule has 0 saturated heterocycles. The Morgan fingerprint density at radius 1 is 1.29 bits per heavy atom. The summed E-state index contributed by atoms with van der Waals surface area (Å²) in [4.78, 5) is 20.9. The highest BCUT2D eigenvalue weighted by molar-refractivity contribution is 7.11. The summed E-state index contributed by atoms with van der Waals surface area (Å²) < 4.78 is 8.58. The standard InChI is InChI=1S/C6H6O2S.C3H6O2/c1-8-6(7)5-3-2-4-9-5;1-3(4)5-2/h2-4H,1H3;1-2H3. The second-order valence-corrected chi connectivity index (χ2v) is 3.11. The van der Waals surface area contributed by atoms with Gasteiger partial charge in [0.1, 0.15) is 4.88 Å². The van der Waals surface area contributed by atoms with Crippen LogP contribution in [0.2, 0.25) is 0 Å². The van der Waals surface area contributed by atoms with Crippen LogP contribution in [0.25, 0.3) is 0 Å². The van der Waals surface area contributed by atoms with Gasteiger partial charge in [-0.25, -0.2) is 4.79 Å². The maximum atomic E-state index is 10.7. The van der Waals surface area contributed by atoms with E-state index in [0.717, 1.165) is 0 Å². The van der Waals surface area contributed by atoms with Gasteiger partial charge in [0.2, 0.25) is 0 Å². The summed E-state index contributed by atoms with van der Waals surface area (Å²) in [6.45, 7) is 1.36. The van der Waals surface area contributed by atoms with Gasteiger partial charge < -0.3 is 9.47 Å². The van der Waals surface area contributed by atoms with Crippen molar-refractivity contribution in [3.63, 3.8) is 0 Å². The highest BCUT2D eigenvalue weighted by Crippen LogP contribution is 2.08. The molecule has 1 heterocycles. The normalized spacial score (nSPS) is 8.21. The van der Waals surface area contributed by atoms with Crippen molar-refractivity contribution in [2.24, 2.45) is 0 Å². The number of methoxy groups -OCH3 is 2. The van der Waals surface area contributed by atoms with E-state index in [2.05, 4.69) is 9.47 Å². The third-order valence-corrected chi connectivity index (χ3v) is 2.05. The highest BCUT2D eigenvalue weighted by Gasteiger charge is 2.03. The molecule has 0 N–H and O–H groups in total. The van der Waals surface area contributed by atoms with Crippen molar-refractivity contribution >= 4 is 23.3 Å². The van der Waals surface area contributed by atoms with Gasteiger partial charge in [0, 0.05) is 6.92 Å². The molecule has 4 nitrogen and oxygen atoms in total. The van der Waals surface area contributed by atoms with Gasteiger partial charge in [-0.2, -0.15) is 0 Å². The predicted molar refractivity (Wildman–Crippen MR) is 53.3 cm³/mol. The summed E-state index contributed by atoms with van der Waals surface area (Å²) in [5, 5.41) is 1.84. The van der Waals surface area contributed by atoms with Gasteiger partial charge in [-0.15, -0.1) is 11.3 Å². The van der Waals surface area contributed by atoms with Crippen LogP contribution in [-0.4, -0.2) is 26.2 Å². The van der Waals surface area contributed by atoms with Gasteiger partial charge in [0.15, 0.2) is 0 Å². The van der Waals surface area contributed by atoms with Crippen molar-refractivity contribution in [3.05, 3.63) is 22.4 Å². The van der Waals surface area contributed by atoms with E-state index in [-0.39, 0.29) is 11.9 Å². The van der Waals surface area contributed by atoms with E-state index >= 15 is 0 Å². The average Bonchev–Trinajstić information content (AvgIpc) is 2.70. The van der Waals surface area contributed by atoms with E-state index in [4.69, 9.17) is 0 Å². The molecule has 0 radical (unpaired) electrons. The summed E-state index contributed by atoms with van der Waals surface area (Å²) in [6.07, 6.45) is 0. The van der Waals surface area contributed by atoms with E-state index in [1.807, 2.05) is 11.4 Å². The predicted octanol–water partition coefficient (Wildman–Crippen LogP) is 1.71. The fraction of sp³-hybridized carbons (Fsp3) is 0.333. The fourth-order valence-corrected chi connectivity index (χ4v) is 1.14. The van der Waals surface area contributed by atoms with E-state index < -0.39 is 0 Å². The van der Waals surface area contributed by atoms with E-state index in [1.165, 1.54) is 32.5 Å². The monoisotopic (exact) mass is 216 g/mol. The number of rotatable bonds is 1. The molecule has 0 aliphatic heterocycles. The highest BCUT2D eigenvalue weighted by atomic mass is 32.1. The van der Waals surface area contributed by atoms with Gasteiger partial charge in [0.05, 0.1) is 14.2 Å². The molecule has 0 fully saturated rings. The Morgan fingerprint density at radius 2 is 1.86 bits per heavy atom. The topological polar surface area (TPSA) is 52.6 Å². The summed E-state index contributed by atoms with van der Waals surface area (Å²) >= 11 is 1.38. The lowest BCUT2D eigenvalue weighted by Crippen LogP contribution is -1.96. The first-order valence-corrected chi connectivity index (χ1v) is 4.66. The molecule has 0 saturated carbocycles. The van der Waals surface area contributed by atoms with Gasteiger partial charge in [-0.3, -0.25) is 4.79 Å². The molecule has 1 rings (SSSR count). The zero-order valence-electron chi connectivity index (χ0n) is 8.27. The summed E-state index contributed by atoms with van der Waals surface area (Å²) in [6, 6.07) is 3.55. The molecule has 1 aromatic rings. The van der Waals surface area contributed by atoms with Crippen molar-refractivity contribution in [2.45, 2.75) is 6.92 Å². The molecule has 1 aromatic heterocycles. The molecule has 0 unspecified atom stereocenters. The second-order valence-electron chi connectivity index (χ2n) is 2.16. The van der Waals surface area contributed by atoms with Gasteiger partial charge in [-0.05, 0) is 11.4 Å². The number of ether oxygens (including phenoxy) is 2. The second kappa shape index (κ2) is 7.08. The van der Waals surface area contributed by atoms with Crippen molar-refractivity contribution in [3.8, 4) is 0 Å². The van der Waals surface area contributed by atoms with Crippen molar-refractivity contribution in [1.82, 2.24) is 0 Å². The third-order valence-electron chi connectivity index (χ3n) is 1.20. The van der Waals surface area contributed by atoms with Crippen molar-refractivity contribution < 1.29 is 19.1 Å². The van der Waals surface area contributed by atoms with Gasteiger partial charge in [0.25, 0.3) is 0 Å². The van der Waals surface area contributed by atoms with Crippen molar-refractivity contribution in [1.29, 1.82) is 0 Å². The Morgan fingerprint density at radius 3 is 2.14 bits per heavy atom. The number of carbonyl (C=O) groups excluding carboxylic acids is 2. The molecule has 0 aliphatic carbocycles. The lowest BCUT2D eigenvalue weighted by Gasteiger charge is -1.90. The molecular weight excluding hydrogens is 204 g/mol. The van der Waals surface area contributed by atoms with E-state index in [9.17, 15) is 9.59 Å². The third kappa shape index (κ3) is 5.31. The maximum Gasteiger partial charge on any atom is 0.348 e. The Kier molecular flexibility index (Phi) is 6.39. The molecular formula is C9H12O4S. The summed E-state index contributed by atoms with van der Waals surface area (Å²) in [5.74, 6) is -0.505. The SMILES string of the molecule is COC(=O)c1cccs1.COC(C)=O.